The van der Waals surface area contributed by atoms with Crippen molar-refractivity contribution < 1.29 is 23.9 Å². The van der Waals surface area contributed by atoms with Gasteiger partial charge in [0.2, 0.25) is 11.8 Å². The Kier molecular flexibility index (Phi) is 7.99. The van der Waals surface area contributed by atoms with Crippen LogP contribution in [0, 0.1) is 5.82 Å². The number of amides is 2. The van der Waals surface area contributed by atoms with Gasteiger partial charge in [-0.15, -0.1) is 0 Å². The van der Waals surface area contributed by atoms with E-state index in [0.717, 1.165) is 0 Å². The topological polar surface area (TPSA) is 95.5 Å². The Labute approximate surface area is 177 Å². The Morgan fingerprint density at radius 3 is 2.07 bits per heavy atom. The Morgan fingerprint density at radius 2 is 1.55 bits per heavy atom. The van der Waals surface area contributed by atoms with Crippen LogP contribution >= 0.6 is 23.2 Å². The highest BCUT2D eigenvalue weighted by Gasteiger charge is 2.27. The number of rotatable bonds is 8. The molecule has 0 bridgehead atoms. The van der Waals surface area contributed by atoms with Gasteiger partial charge in [0.25, 0.3) is 0 Å². The Balaban J connectivity index is 2.18. The Bertz CT molecular complexity index is 886. The van der Waals surface area contributed by atoms with E-state index in [0.29, 0.717) is 11.1 Å². The van der Waals surface area contributed by atoms with Crippen LogP contribution in [0.4, 0.5) is 4.39 Å². The van der Waals surface area contributed by atoms with Crippen molar-refractivity contribution >= 4 is 41.0 Å². The van der Waals surface area contributed by atoms with E-state index >= 15 is 0 Å². The molecule has 0 heterocycles. The first-order valence-corrected chi connectivity index (χ1v) is 9.40. The minimum absolute atomic E-state index is 0.0604. The number of benzene rings is 2. The zero-order valence-corrected chi connectivity index (χ0v) is 16.9. The van der Waals surface area contributed by atoms with Crippen molar-refractivity contribution in [3.05, 3.63) is 69.5 Å². The highest BCUT2D eigenvalue weighted by atomic mass is 35.5. The van der Waals surface area contributed by atoms with Gasteiger partial charge < -0.3 is 15.7 Å². The van der Waals surface area contributed by atoms with E-state index in [1.165, 1.54) is 31.2 Å². The van der Waals surface area contributed by atoms with Crippen molar-refractivity contribution in [1.29, 1.82) is 0 Å². The molecular weight excluding hydrogens is 422 g/mol. The van der Waals surface area contributed by atoms with Crippen LogP contribution in [0.5, 0.6) is 0 Å². The lowest BCUT2D eigenvalue weighted by molar-refractivity contribution is -0.142. The molecule has 154 valence electrons. The van der Waals surface area contributed by atoms with Crippen molar-refractivity contribution in [2.45, 2.75) is 31.8 Å². The molecule has 0 spiro atoms. The molecule has 0 saturated heterocycles. The van der Waals surface area contributed by atoms with Gasteiger partial charge in [-0.25, -0.2) is 9.18 Å². The molecule has 0 aromatic heterocycles. The predicted octanol–water partition coefficient (Wildman–Crippen LogP) is 2.99. The number of carboxylic acids is 1. The lowest BCUT2D eigenvalue weighted by atomic mass is 10.0. The van der Waals surface area contributed by atoms with Gasteiger partial charge in [-0.1, -0.05) is 41.4 Å². The average Bonchev–Trinajstić information content (AvgIpc) is 2.64. The van der Waals surface area contributed by atoms with Crippen molar-refractivity contribution in [2.75, 3.05) is 0 Å². The number of carbonyl (C=O) groups is 3. The molecule has 9 heteroatoms. The second-order valence-corrected chi connectivity index (χ2v) is 7.20. The number of carboxylic acid groups (broad SMARTS) is 1. The monoisotopic (exact) mass is 440 g/mol. The number of nitrogens with one attached hydrogen (secondary N) is 2. The van der Waals surface area contributed by atoms with Crippen LogP contribution in [0.1, 0.15) is 18.1 Å². The molecule has 2 atom stereocenters. The van der Waals surface area contributed by atoms with Crippen molar-refractivity contribution in [3.63, 3.8) is 0 Å². The van der Waals surface area contributed by atoms with Gasteiger partial charge in [-0.3, -0.25) is 9.59 Å². The number of halogens is 3. The van der Waals surface area contributed by atoms with Crippen LogP contribution in [0.15, 0.2) is 42.5 Å². The summed E-state index contributed by atoms with van der Waals surface area (Å²) in [6, 6.07) is 7.83. The molecule has 0 radical (unpaired) electrons. The summed E-state index contributed by atoms with van der Waals surface area (Å²) >= 11 is 12.2. The fraction of sp³-hybridized carbons (Fsp3) is 0.250. The summed E-state index contributed by atoms with van der Waals surface area (Å²) in [6.07, 6.45) is -0.0756. The summed E-state index contributed by atoms with van der Waals surface area (Å²) in [7, 11) is 0. The van der Waals surface area contributed by atoms with Gasteiger partial charge in [0, 0.05) is 29.8 Å². The maximum atomic E-state index is 13.1. The minimum Gasteiger partial charge on any atom is -0.480 e. The number of hydrogen-bond donors (Lipinski definition) is 3. The fourth-order valence-corrected chi connectivity index (χ4v) is 3.27. The minimum atomic E-state index is -1.32. The van der Waals surface area contributed by atoms with Gasteiger partial charge >= 0.3 is 5.97 Å². The van der Waals surface area contributed by atoms with Gasteiger partial charge in [0.05, 0.1) is 0 Å². The van der Waals surface area contributed by atoms with Crippen LogP contribution in [-0.2, 0) is 27.2 Å². The second-order valence-electron chi connectivity index (χ2n) is 6.39. The second kappa shape index (κ2) is 10.2. The summed E-state index contributed by atoms with van der Waals surface area (Å²) in [4.78, 5) is 35.9. The summed E-state index contributed by atoms with van der Waals surface area (Å²) in [5.74, 6) is -2.87. The normalized spacial score (nSPS) is 12.7. The summed E-state index contributed by atoms with van der Waals surface area (Å²) in [6.45, 7) is 1.24. The van der Waals surface area contributed by atoms with E-state index in [9.17, 15) is 23.9 Å². The molecule has 2 rings (SSSR count). The molecule has 2 amide bonds. The van der Waals surface area contributed by atoms with E-state index in [4.69, 9.17) is 23.2 Å². The van der Waals surface area contributed by atoms with Gasteiger partial charge in [0.1, 0.15) is 17.9 Å². The molecular formula is C20H19Cl2FN2O4. The smallest absolute Gasteiger partial charge is 0.326 e. The van der Waals surface area contributed by atoms with Crippen molar-refractivity contribution in [1.82, 2.24) is 10.6 Å². The highest BCUT2D eigenvalue weighted by molar-refractivity contribution is 6.36. The quantitative estimate of drug-likeness (QED) is 0.587. The molecule has 0 fully saturated rings. The SMILES string of the molecule is CC(=O)N[C@@H](Cc1ccc(F)cc1)C(=O)N[C@H](Cc1c(Cl)cccc1Cl)C(=O)O. The Morgan fingerprint density at radius 1 is 0.966 bits per heavy atom. The van der Waals surface area contributed by atoms with E-state index in [1.54, 1.807) is 18.2 Å². The van der Waals surface area contributed by atoms with E-state index in [-0.39, 0.29) is 22.9 Å². The molecule has 29 heavy (non-hydrogen) atoms. The molecule has 0 unspecified atom stereocenters. The number of carbonyl (C=O) groups excluding carboxylic acids is 2. The molecule has 0 aliphatic heterocycles. The molecule has 2 aromatic rings. The number of hydrogen-bond acceptors (Lipinski definition) is 3. The van der Waals surface area contributed by atoms with E-state index < -0.39 is 35.7 Å². The van der Waals surface area contributed by atoms with E-state index in [2.05, 4.69) is 10.6 Å². The van der Waals surface area contributed by atoms with Gasteiger partial charge in [-0.2, -0.15) is 0 Å². The molecule has 6 nitrogen and oxygen atoms in total. The molecule has 3 N–H and O–H groups in total. The first-order chi connectivity index (χ1) is 13.7. The van der Waals surface area contributed by atoms with Crippen molar-refractivity contribution in [2.24, 2.45) is 0 Å². The molecule has 0 aliphatic rings. The van der Waals surface area contributed by atoms with Gasteiger partial charge in [-0.05, 0) is 35.4 Å². The third-order valence-corrected chi connectivity index (χ3v) is 4.84. The van der Waals surface area contributed by atoms with Crippen LogP contribution in [0.2, 0.25) is 10.0 Å². The van der Waals surface area contributed by atoms with Crippen LogP contribution in [0.25, 0.3) is 0 Å². The summed E-state index contributed by atoms with van der Waals surface area (Å²) in [5, 5.41) is 15.0. The maximum Gasteiger partial charge on any atom is 0.326 e. The number of aliphatic carboxylic acids is 1. The fourth-order valence-electron chi connectivity index (χ4n) is 2.71. The first kappa shape index (κ1) is 22.6. The van der Waals surface area contributed by atoms with Crippen molar-refractivity contribution in [3.8, 4) is 0 Å². The standard InChI is InChI=1S/C20H19Cl2FN2O4/c1-11(26)24-17(9-12-5-7-13(23)8-6-12)19(27)25-18(20(28)29)10-14-15(21)3-2-4-16(14)22/h2-8,17-18H,9-10H2,1H3,(H,24,26)(H,25,27)(H,28,29)/t17-,18+/m0/s1. The summed E-state index contributed by atoms with van der Waals surface area (Å²) < 4.78 is 13.1. The zero-order valence-electron chi connectivity index (χ0n) is 15.4. The van der Waals surface area contributed by atoms with Crippen LogP contribution in [0.3, 0.4) is 0 Å². The third-order valence-electron chi connectivity index (χ3n) is 4.13. The van der Waals surface area contributed by atoms with Crippen LogP contribution < -0.4 is 10.6 Å². The van der Waals surface area contributed by atoms with E-state index in [1.807, 2.05) is 0 Å². The van der Waals surface area contributed by atoms with Gasteiger partial charge in [0.15, 0.2) is 0 Å². The van der Waals surface area contributed by atoms with Crippen LogP contribution in [-0.4, -0.2) is 35.0 Å². The molecule has 2 aromatic carbocycles. The third kappa shape index (κ3) is 6.73. The lowest BCUT2D eigenvalue weighted by Gasteiger charge is -2.22. The predicted molar refractivity (Wildman–Crippen MR) is 107 cm³/mol. The Hall–Kier alpha value is -2.64. The summed E-state index contributed by atoms with van der Waals surface area (Å²) in [5.41, 5.74) is 0.986. The largest absolute Gasteiger partial charge is 0.480 e. The zero-order chi connectivity index (χ0) is 21.6. The average molecular weight is 441 g/mol. The lowest BCUT2D eigenvalue weighted by Crippen LogP contribution is -2.52. The maximum absolute atomic E-state index is 13.1. The highest BCUT2D eigenvalue weighted by Crippen LogP contribution is 2.25. The molecule has 0 aliphatic carbocycles. The first-order valence-electron chi connectivity index (χ1n) is 8.65. The molecule has 0 saturated carbocycles.